The molecular formula is C9H9BrN4O2. The molecule has 2 aromatic heterocycles. The number of aromatic nitrogens is 3. The number of hydrogen-bond acceptors (Lipinski definition) is 4. The molecule has 2 rings (SSSR count). The number of hydrogen-bond donors (Lipinski definition) is 0. The Bertz CT molecular complexity index is 564. The maximum Gasteiger partial charge on any atom is 0.315 e. The first-order valence-corrected chi connectivity index (χ1v) is 5.48. The summed E-state index contributed by atoms with van der Waals surface area (Å²) in [4.78, 5) is 10.4. The quantitative estimate of drug-likeness (QED) is 0.627. The van der Waals surface area contributed by atoms with Gasteiger partial charge in [0, 0.05) is 22.7 Å². The molecule has 0 atom stereocenters. The number of fused-ring (bicyclic) bond motifs is 1. The number of halogens is 1. The van der Waals surface area contributed by atoms with Crippen LogP contribution in [0, 0.1) is 10.1 Å². The third-order valence-electron chi connectivity index (χ3n) is 2.19. The summed E-state index contributed by atoms with van der Waals surface area (Å²) in [7, 11) is 0. The lowest BCUT2D eigenvalue weighted by Gasteiger charge is -2.03. The van der Waals surface area contributed by atoms with E-state index >= 15 is 0 Å². The summed E-state index contributed by atoms with van der Waals surface area (Å²) < 4.78 is 2.28. The highest BCUT2D eigenvalue weighted by atomic mass is 79.9. The van der Waals surface area contributed by atoms with E-state index < -0.39 is 4.92 Å². The van der Waals surface area contributed by atoms with E-state index in [-0.39, 0.29) is 17.3 Å². The molecule has 0 N–H and O–H groups in total. The Morgan fingerprint density at radius 3 is 2.75 bits per heavy atom. The van der Waals surface area contributed by atoms with Crippen molar-refractivity contribution >= 4 is 27.3 Å². The van der Waals surface area contributed by atoms with Gasteiger partial charge in [0.2, 0.25) is 5.65 Å². The smallest absolute Gasteiger partial charge is 0.279 e. The number of pyridine rings is 1. The van der Waals surface area contributed by atoms with Gasteiger partial charge in [-0.1, -0.05) is 13.8 Å². The lowest BCUT2D eigenvalue weighted by Crippen LogP contribution is -1.99. The van der Waals surface area contributed by atoms with Gasteiger partial charge in [0.05, 0.1) is 4.92 Å². The van der Waals surface area contributed by atoms with E-state index in [0.29, 0.717) is 10.3 Å². The van der Waals surface area contributed by atoms with Gasteiger partial charge in [0.1, 0.15) is 5.82 Å². The zero-order chi connectivity index (χ0) is 11.9. The summed E-state index contributed by atoms with van der Waals surface area (Å²) in [5.74, 6) is 0.864. The molecule has 0 unspecified atom stereocenters. The second kappa shape index (κ2) is 3.82. The molecule has 2 heterocycles. The van der Waals surface area contributed by atoms with Crippen LogP contribution in [0.25, 0.3) is 5.65 Å². The predicted molar refractivity (Wildman–Crippen MR) is 61.4 cm³/mol. The van der Waals surface area contributed by atoms with Crippen molar-refractivity contribution in [1.82, 2.24) is 14.6 Å². The van der Waals surface area contributed by atoms with Crippen LogP contribution in [0.1, 0.15) is 25.6 Å². The zero-order valence-corrected chi connectivity index (χ0v) is 10.3. The number of rotatable bonds is 2. The van der Waals surface area contributed by atoms with Crippen molar-refractivity contribution in [2.45, 2.75) is 19.8 Å². The lowest BCUT2D eigenvalue weighted by molar-refractivity contribution is -0.383. The second-order valence-corrected chi connectivity index (χ2v) is 4.62. The molecule has 0 aromatic carbocycles. The fourth-order valence-electron chi connectivity index (χ4n) is 1.49. The van der Waals surface area contributed by atoms with E-state index in [4.69, 9.17) is 0 Å². The first kappa shape index (κ1) is 11.0. The highest BCUT2D eigenvalue weighted by molar-refractivity contribution is 9.10. The Kier molecular flexibility index (Phi) is 2.63. The summed E-state index contributed by atoms with van der Waals surface area (Å²) >= 11 is 3.24. The Balaban J connectivity index is 2.81. The summed E-state index contributed by atoms with van der Waals surface area (Å²) in [5, 5.41) is 18.7. The van der Waals surface area contributed by atoms with Crippen molar-refractivity contribution in [2.24, 2.45) is 0 Å². The zero-order valence-electron chi connectivity index (χ0n) is 8.72. The van der Waals surface area contributed by atoms with Crippen LogP contribution >= 0.6 is 15.9 Å². The molecule has 0 fully saturated rings. The van der Waals surface area contributed by atoms with Gasteiger partial charge in [-0.3, -0.25) is 14.5 Å². The van der Waals surface area contributed by atoms with Gasteiger partial charge in [-0.25, -0.2) is 0 Å². The van der Waals surface area contributed by atoms with Crippen LogP contribution in [0.3, 0.4) is 0 Å². The van der Waals surface area contributed by atoms with Gasteiger partial charge in [-0.15, -0.1) is 10.2 Å². The molecule has 6 nitrogen and oxygen atoms in total. The molecule has 0 saturated heterocycles. The average molecular weight is 285 g/mol. The van der Waals surface area contributed by atoms with Crippen molar-refractivity contribution in [3.05, 3.63) is 32.7 Å². The molecule has 0 saturated carbocycles. The third kappa shape index (κ3) is 1.67. The normalized spacial score (nSPS) is 11.2. The monoisotopic (exact) mass is 284 g/mol. The van der Waals surface area contributed by atoms with Gasteiger partial charge in [-0.05, 0) is 15.9 Å². The molecule has 0 bridgehead atoms. The van der Waals surface area contributed by atoms with Crippen LogP contribution in [0.15, 0.2) is 16.7 Å². The molecule has 0 radical (unpaired) electrons. The van der Waals surface area contributed by atoms with Crippen molar-refractivity contribution in [1.29, 1.82) is 0 Å². The van der Waals surface area contributed by atoms with Crippen LogP contribution in [-0.2, 0) is 0 Å². The SMILES string of the molecule is CC(C)c1nnc2c([N+](=O)[O-])cc(Br)cn12. The Labute approximate surface area is 99.6 Å². The molecule has 0 aliphatic carbocycles. The van der Waals surface area contributed by atoms with E-state index in [1.54, 1.807) is 10.6 Å². The molecule has 0 aliphatic heterocycles. The molecule has 16 heavy (non-hydrogen) atoms. The number of nitro groups is 1. The minimum absolute atomic E-state index is 0.0474. The van der Waals surface area contributed by atoms with E-state index in [0.717, 1.165) is 0 Å². The highest BCUT2D eigenvalue weighted by Crippen LogP contribution is 2.25. The second-order valence-electron chi connectivity index (χ2n) is 3.71. The van der Waals surface area contributed by atoms with Crippen LogP contribution in [0.2, 0.25) is 0 Å². The van der Waals surface area contributed by atoms with E-state index in [9.17, 15) is 10.1 Å². The van der Waals surface area contributed by atoms with E-state index in [2.05, 4.69) is 26.1 Å². The van der Waals surface area contributed by atoms with Crippen LogP contribution < -0.4 is 0 Å². The molecular weight excluding hydrogens is 276 g/mol. The third-order valence-corrected chi connectivity index (χ3v) is 2.63. The largest absolute Gasteiger partial charge is 0.315 e. The molecule has 2 aromatic rings. The fourth-order valence-corrected chi connectivity index (χ4v) is 1.91. The molecule has 0 amide bonds. The highest BCUT2D eigenvalue weighted by Gasteiger charge is 2.19. The van der Waals surface area contributed by atoms with Crippen molar-refractivity contribution < 1.29 is 4.92 Å². The topological polar surface area (TPSA) is 73.3 Å². The van der Waals surface area contributed by atoms with Gasteiger partial charge >= 0.3 is 5.69 Å². The van der Waals surface area contributed by atoms with E-state index in [1.165, 1.54) is 6.07 Å². The lowest BCUT2D eigenvalue weighted by atomic mass is 10.2. The average Bonchev–Trinajstić information content (AvgIpc) is 2.59. The molecule has 84 valence electrons. The van der Waals surface area contributed by atoms with Gasteiger partial charge in [0.15, 0.2) is 0 Å². The van der Waals surface area contributed by atoms with Crippen molar-refractivity contribution in [2.75, 3.05) is 0 Å². The Morgan fingerprint density at radius 2 is 2.19 bits per heavy atom. The van der Waals surface area contributed by atoms with Crippen LogP contribution in [0.4, 0.5) is 5.69 Å². The molecule has 0 spiro atoms. The van der Waals surface area contributed by atoms with Crippen LogP contribution in [-0.4, -0.2) is 19.5 Å². The van der Waals surface area contributed by atoms with E-state index in [1.807, 2.05) is 13.8 Å². The minimum atomic E-state index is -0.459. The fraction of sp³-hybridized carbons (Fsp3) is 0.333. The van der Waals surface area contributed by atoms with Crippen molar-refractivity contribution in [3.8, 4) is 0 Å². The van der Waals surface area contributed by atoms with Gasteiger partial charge < -0.3 is 0 Å². The maximum absolute atomic E-state index is 10.8. The molecule has 7 heteroatoms. The maximum atomic E-state index is 10.8. The summed E-state index contributed by atoms with van der Waals surface area (Å²) in [6, 6.07) is 1.42. The minimum Gasteiger partial charge on any atom is -0.279 e. The molecule has 0 aliphatic rings. The standard InChI is InChI=1S/C9H9BrN4O2/c1-5(2)8-11-12-9-7(14(15)16)3-6(10)4-13(8)9/h3-5H,1-2H3. The Hall–Kier alpha value is -1.50. The summed E-state index contributed by atoms with van der Waals surface area (Å²) in [6.45, 7) is 3.92. The first-order valence-electron chi connectivity index (χ1n) is 4.69. The predicted octanol–water partition coefficient (Wildman–Crippen LogP) is 2.52. The van der Waals surface area contributed by atoms with Crippen LogP contribution in [0.5, 0.6) is 0 Å². The van der Waals surface area contributed by atoms with Crippen molar-refractivity contribution in [3.63, 3.8) is 0 Å². The number of nitrogens with zero attached hydrogens (tertiary/aromatic N) is 4. The summed E-state index contributed by atoms with van der Waals surface area (Å²) in [6.07, 6.45) is 1.73. The first-order chi connectivity index (χ1) is 7.50. The van der Waals surface area contributed by atoms with Gasteiger partial charge in [0.25, 0.3) is 0 Å². The Morgan fingerprint density at radius 1 is 1.50 bits per heavy atom. The van der Waals surface area contributed by atoms with Gasteiger partial charge in [-0.2, -0.15) is 0 Å². The summed E-state index contributed by atoms with van der Waals surface area (Å²) in [5.41, 5.74) is 0.227.